The minimum Gasteiger partial charge on any atom is -0.493 e. The SMILES string of the molecule is CC(C)COc1ccccc1CN1CCC2(CC1)CCN(C(=O)c1ccc(Cl)c(Cl)c1)C2OC(=O)C(F)(F)F. The Morgan fingerprint density at radius 3 is 2.33 bits per heavy atom. The Morgan fingerprint density at radius 2 is 1.69 bits per heavy atom. The summed E-state index contributed by atoms with van der Waals surface area (Å²) >= 11 is 12.0. The number of piperidine rings is 1. The number of nitrogens with zero attached hydrogens (tertiary/aromatic N) is 2. The molecule has 1 unspecified atom stereocenters. The first-order chi connectivity index (χ1) is 18.4. The molecule has 4 rings (SSSR count). The lowest BCUT2D eigenvalue weighted by atomic mass is 9.76. The molecule has 0 aromatic heterocycles. The van der Waals surface area contributed by atoms with Gasteiger partial charge in [0.25, 0.3) is 5.91 Å². The van der Waals surface area contributed by atoms with E-state index in [1.165, 1.54) is 23.1 Å². The van der Waals surface area contributed by atoms with E-state index >= 15 is 0 Å². The van der Waals surface area contributed by atoms with Crippen LogP contribution in [0.4, 0.5) is 13.2 Å². The van der Waals surface area contributed by atoms with E-state index in [1.807, 2.05) is 24.3 Å². The molecular weight excluding hydrogens is 556 g/mol. The fraction of sp³-hybridized carbons (Fsp3) is 0.500. The molecule has 212 valence electrons. The van der Waals surface area contributed by atoms with Crippen LogP contribution in [0.5, 0.6) is 5.75 Å². The van der Waals surface area contributed by atoms with Gasteiger partial charge in [0, 0.05) is 29.6 Å². The number of hydrogen-bond acceptors (Lipinski definition) is 5. The van der Waals surface area contributed by atoms with E-state index in [4.69, 9.17) is 32.7 Å². The summed E-state index contributed by atoms with van der Waals surface area (Å²) in [4.78, 5) is 28.7. The van der Waals surface area contributed by atoms with Gasteiger partial charge in [-0.3, -0.25) is 9.69 Å². The van der Waals surface area contributed by atoms with Gasteiger partial charge < -0.3 is 14.4 Å². The highest BCUT2D eigenvalue weighted by Gasteiger charge is 2.55. The number of benzene rings is 2. The molecule has 0 saturated carbocycles. The zero-order chi connectivity index (χ0) is 28.4. The highest BCUT2D eigenvalue weighted by Crippen LogP contribution is 2.47. The second-order valence-electron chi connectivity index (χ2n) is 10.6. The highest BCUT2D eigenvalue weighted by molar-refractivity contribution is 6.42. The van der Waals surface area contributed by atoms with Crippen molar-refractivity contribution in [3.63, 3.8) is 0 Å². The van der Waals surface area contributed by atoms with Gasteiger partial charge in [-0.25, -0.2) is 4.79 Å². The molecule has 2 aliphatic heterocycles. The number of alkyl halides is 3. The van der Waals surface area contributed by atoms with Crippen molar-refractivity contribution in [3.05, 3.63) is 63.6 Å². The minimum absolute atomic E-state index is 0.145. The predicted octanol–water partition coefficient (Wildman–Crippen LogP) is 6.59. The average Bonchev–Trinajstić information content (AvgIpc) is 3.22. The maximum absolute atomic E-state index is 13.4. The van der Waals surface area contributed by atoms with Crippen molar-refractivity contribution >= 4 is 35.1 Å². The van der Waals surface area contributed by atoms with Crippen molar-refractivity contribution in [1.82, 2.24) is 9.80 Å². The number of para-hydroxylation sites is 1. The maximum Gasteiger partial charge on any atom is 0.491 e. The Morgan fingerprint density at radius 1 is 1.03 bits per heavy atom. The fourth-order valence-corrected chi connectivity index (χ4v) is 5.50. The third-order valence-corrected chi connectivity index (χ3v) is 8.06. The van der Waals surface area contributed by atoms with Gasteiger partial charge >= 0.3 is 12.1 Å². The second-order valence-corrected chi connectivity index (χ2v) is 11.4. The van der Waals surface area contributed by atoms with Crippen molar-refractivity contribution in [2.75, 3.05) is 26.2 Å². The Balaban J connectivity index is 1.51. The smallest absolute Gasteiger partial charge is 0.491 e. The molecule has 2 aromatic rings. The number of carbonyl (C=O) groups is 2. The third kappa shape index (κ3) is 6.81. The van der Waals surface area contributed by atoms with Crippen molar-refractivity contribution < 1.29 is 32.2 Å². The number of amides is 1. The summed E-state index contributed by atoms with van der Waals surface area (Å²) in [5.41, 5.74) is 0.388. The van der Waals surface area contributed by atoms with Gasteiger partial charge in [-0.1, -0.05) is 55.2 Å². The molecule has 39 heavy (non-hydrogen) atoms. The number of carbonyl (C=O) groups excluding carboxylic acids is 2. The molecule has 0 bridgehead atoms. The molecule has 0 aliphatic carbocycles. The lowest BCUT2D eigenvalue weighted by molar-refractivity contribution is -0.217. The van der Waals surface area contributed by atoms with Crippen molar-refractivity contribution in [2.45, 2.75) is 52.1 Å². The van der Waals surface area contributed by atoms with Crippen LogP contribution < -0.4 is 4.74 Å². The molecular formula is C28H31Cl2F3N2O4. The molecule has 1 spiro atoms. The maximum atomic E-state index is 13.4. The van der Waals surface area contributed by atoms with Crippen LogP contribution in [-0.2, 0) is 16.1 Å². The lowest BCUT2D eigenvalue weighted by Gasteiger charge is -2.43. The van der Waals surface area contributed by atoms with Crippen LogP contribution in [0.2, 0.25) is 10.0 Å². The van der Waals surface area contributed by atoms with Gasteiger partial charge in [0.2, 0.25) is 0 Å². The van der Waals surface area contributed by atoms with E-state index < -0.39 is 29.7 Å². The second kappa shape index (κ2) is 11.9. The van der Waals surface area contributed by atoms with E-state index in [0.717, 1.165) is 11.3 Å². The zero-order valence-corrected chi connectivity index (χ0v) is 23.3. The Bertz CT molecular complexity index is 1200. The first-order valence-corrected chi connectivity index (χ1v) is 13.6. The van der Waals surface area contributed by atoms with Gasteiger partial charge in [0.05, 0.1) is 16.7 Å². The van der Waals surface area contributed by atoms with Crippen LogP contribution in [0, 0.1) is 11.3 Å². The monoisotopic (exact) mass is 586 g/mol. The van der Waals surface area contributed by atoms with Crippen LogP contribution in [0.3, 0.4) is 0 Å². The molecule has 2 heterocycles. The lowest BCUT2D eigenvalue weighted by Crippen LogP contribution is -2.51. The highest BCUT2D eigenvalue weighted by atomic mass is 35.5. The summed E-state index contributed by atoms with van der Waals surface area (Å²) in [6, 6.07) is 12.1. The summed E-state index contributed by atoms with van der Waals surface area (Å²) in [5, 5.41) is 0.390. The van der Waals surface area contributed by atoms with E-state index in [9.17, 15) is 22.8 Å². The first-order valence-electron chi connectivity index (χ1n) is 12.9. The molecule has 1 amide bonds. The van der Waals surface area contributed by atoms with Crippen molar-refractivity contribution in [2.24, 2.45) is 11.3 Å². The Hall–Kier alpha value is -2.49. The molecule has 6 nitrogen and oxygen atoms in total. The molecule has 0 N–H and O–H groups in total. The van der Waals surface area contributed by atoms with Crippen molar-refractivity contribution in [1.29, 1.82) is 0 Å². The molecule has 2 saturated heterocycles. The molecule has 11 heteroatoms. The van der Waals surface area contributed by atoms with Gasteiger partial charge in [-0.2, -0.15) is 13.2 Å². The zero-order valence-electron chi connectivity index (χ0n) is 21.8. The van der Waals surface area contributed by atoms with Gasteiger partial charge in [0.1, 0.15) is 5.75 Å². The molecule has 2 fully saturated rings. The quantitative estimate of drug-likeness (QED) is 0.343. The van der Waals surface area contributed by atoms with Gasteiger partial charge in [0.15, 0.2) is 6.23 Å². The van der Waals surface area contributed by atoms with Crippen LogP contribution in [0.15, 0.2) is 42.5 Å². The van der Waals surface area contributed by atoms with Crippen LogP contribution >= 0.6 is 23.2 Å². The largest absolute Gasteiger partial charge is 0.493 e. The summed E-state index contributed by atoms with van der Waals surface area (Å²) in [7, 11) is 0. The number of rotatable bonds is 7. The topological polar surface area (TPSA) is 59.1 Å². The van der Waals surface area contributed by atoms with Crippen LogP contribution in [0.1, 0.15) is 49.0 Å². The first kappa shape index (κ1) is 29.5. The number of esters is 1. The standard InChI is InChI=1S/C28H31Cl2F3N2O4/c1-18(2)17-38-23-6-4-3-5-20(23)16-34-12-9-27(10-13-34)11-14-35(25(27)39-26(37)28(31,32)33)24(36)19-7-8-21(29)22(30)15-19/h3-8,15,18,25H,9-14,16-17H2,1-2H3. The van der Waals surface area contributed by atoms with Crippen LogP contribution in [0.25, 0.3) is 0 Å². The van der Waals surface area contributed by atoms with Crippen molar-refractivity contribution in [3.8, 4) is 5.75 Å². The van der Waals surface area contributed by atoms with Gasteiger partial charge in [-0.05, 0) is 62.5 Å². The number of halogens is 5. The summed E-state index contributed by atoms with van der Waals surface area (Å²) in [6.07, 6.45) is -5.19. The Labute approximate surface area is 235 Å². The van der Waals surface area contributed by atoms with E-state index in [1.54, 1.807) is 0 Å². The normalized spacial score (nSPS) is 19.5. The van der Waals surface area contributed by atoms with E-state index in [2.05, 4.69) is 18.7 Å². The van der Waals surface area contributed by atoms with Crippen LogP contribution in [-0.4, -0.2) is 60.3 Å². The summed E-state index contributed by atoms with van der Waals surface area (Å²) in [5.74, 6) is -1.69. The summed E-state index contributed by atoms with van der Waals surface area (Å²) < 4.78 is 50.7. The predicted molar refractivity (Wildman–Crippen MR) is 142 cm³/mol. The Kier molecular flexibility index (Phi) is 9.03. The molecule has 1 atom stereocenters. The minimum atomic E-state index is -5.18. The summed E-state index contributed by atoms with van der Waals surface area (Å²) in [6.45, 7) is 6.64. The number of hydrogen-bond donors (Lipinski definition) is 0. The molecule has 2 aromatic carbocycles. The average molecular weight is 587 g/mol. The third-order valence-electron chi connectivity index (χ3n) is 7.33. The van der Waals surface area contributed by atoms with E-state index in [-0.39, 0.29) is 22.2 Å². The van der Waals surface area contributed by atoms with Gasteiger partial charge in [-0.15, -0.1) is 0 Å². The van der Waals surface area contributed by atoms with E-state index in [0.29, 0.717) is 51.4 Å². The molecule has 2 aliphatic rings. The fourth-order valence-electron chi connectivity index (χ4n) is 5.20. The number of ether oxygens (including phenoxy) is 2. The molecule has 0 radical (unpaired) electrons. The number of likely N-dealkylation sites (tertiary alicyclic amines) is 2.